The Kier molecular flexibility index (Phi) is 12.7. The van der Waals surface area contributed by atoms with Crippen LogP contribution < -0.4 is 19.1 Å². The molecule has 1 N–H and O–H groups in total. The molecule has 2 unspecified atom stereocenters. The largest absolute Gasteiger partial charge is 0.497 e. The number of carbonyl (C=O) groups excluding carboxylic acids is 3. The number of rotatable bonds is 16. The Morgan fingerprint density at radius 1 is 0.750 bits per heavy atom. The zero-order valence-corrected chi connectivity index (χ0v) is 36.6. The first-order valence-electron chi connectivity index (χ1n) is 20.1. The lowest BCUT2D eigenvalue weighted by atomic mass is 9.94. The predicted octanol–water partition coefficient (Wildman–Crippen LogP) is 5.43. The van der Waals surface area contributed by atoms with Crippen LogP contribution in [0.25, 0.3) is 11.4 Å². The lowest BCUT2D eigenvalue weighted by Gasteiger charge is -2.34. The second-order valence-corrected chi connectivity index (χ2v) is 18.0. The molecule has 2 aliphatic heterocycles. The molecule has 5 aromatic carbocycles. The zero-order valence-electron chi connectivity index (χ0n) is 35.0. The highest BCUT2D eigenvalue weighted by Crippen LogP contribution is 2.42. The molecule has 0 aliphatic carbocycles. The van der Waals surface area contributed by atoms with Gasteiger partial charge < -0.3 is 23.7 Å². The molecule has 0 radical (unpaired) electrons. The predicted molar refractivity (Wildman–Crippen MR) is 234 cm³/mol. The van der Waals surface area contributed by atoms with Gasteiger partial charge in [-0.15, -0.1) is 10.2 Å². The van der Waals surface area contributed by atoms with Gasteiger partial charge in [0, 0.05) is 32.6 Å². The van der Waals surface area contributed by atoms with Crippen LogP contribution in [0.3, 0.4) is 0 Å². The van der Waals surface area contributed by atoms with Crippen molar-refractivity contribution in [1.29, 1.82) is 0 Å². The number of anilines is 1. The van der Waals surface area contributed by atoms with Gasteiger partial charge in [0.2, 0.25) is 21.8 Å². The van der Waals surface area contributed by atoms with E-state index in [9.17, 15) is 23.1 Å². The molecule has 1 aromatic heterocycles. The monoisotopic (exact) mass is 905 g/mol. The van der Waals surface area contributed by atoms with Crippen LogP contribution in [-0.4, -0.2) is 98.7 Å². The molecule has 0 spiro atoms. The second-order valence-electron chi connectivity index (χ2n) is 15.2. The number of carbonyl (C=O) groups is 3. The van der Waals surface area contributed by atoms with Crippen molar-refractivity contribution in [2.45, 2.75) is 42.3 Å². The fraction of sp³-hybridized carbons (Fsp3) is 0.244. The van der Waals surface area contributed by atoms with E-state index in [0.717, 1.165) is 10.5 Å². The first kappa shape index (κ1) is 43.8. The van der Waals surface area contributed by atoms with E-state index in [-0.39, 0.29) is 56.2 Å². The number of ether oxygens (including phenoxy) is 3. The van der Waals surface area contributed by atoms with E-state index in [4.69, 9.17) is 14.2 Å². The van der Waals surface area contributed by atoms with Crippen molar-refractivity contribution in [2.75, 3.05) is 39.3 Å². The average Bonchev–Trinajstić information content (AvgIpc) is 3.87. The van der Waals surface area contributed by atoms with Crippen LogP contribution in [0.2, 0.25) is 0 Å². The first-order valence-corrected chi connectivity index (χ1v) is 22.6. The van der Waals surface area contributed by atoms with Gasteiger partial charge in [-0.3, -0.25) is 19.3 Å². The number of aromatic nitrogens is 4. The maximum Gasteiger partial charge on any atom is 0.261 e. The number of imide groups is 1. The second kappa shape index (κ2) is 18.5. The lowest BCUT2D eigenvalue weighted by Crippen LogP contribution is -2.44. The fourth-order valence-corrected chi connectivity index (χ4v) is 10.5. The number of hydrogen-bond donors (Lipinski definition) is 1. The smallest absolute Gasteiger partial charge is 0.261 e. The third-order valence-electron chi connectivity index (χ3n) is 11.2. The number of nitrogens with zero attached hydrogens (tertiary/aromatic N) is 7. The maximum atomic E-state index is 15.5. The van der Waals surface area contributed by atoms with Gasteiger partial charge in [-0.2, -0.15) is 9.10 Å². The number of methoxy groups -OCH3 is 3. The maximum absolute atomic E-state index is 15.5. The van der Waals surface area contributed by atoms with Crippen molar-refractivity contribution in [3.63, 3.8) is 0 Å². The van der Waals surface area contributed by atoms with Gasteiger partial charge in [-0.1, -0.05) is 48.5 Å². The van der Waals surface area contributed by atoms with E-state index < -0.39 is 54.5 Å². The van der Waals surface area contributed by atoms with Crippen molar-refractivity contribution in [2.24, 2.45) is 5.92 Å². The minimum atomic E-state index is -4.82. The van der Waals surface area contributed by atoms with E-state index in [2.05, 4.69) is 15.4 Å². The third kappa shape index (κ3) is 8.87. The van der Waals surface area contributed by atoms with Crippen LogP contribution in [0.4, 0.5) is 5.69 Å². The summed E-state index contributed by atoms with van der Waals surface area (Å²) < 4.78 is 72.4. The lowest BCUT2D eigenvalue weighted by molar-refractivity contribution is -0.120. The Morgan fingerprint density at radius 3 is 1.78 bits per heavy atom. The summed E-state index contributed by atoms with van der Waals surface area (Å²) in [5.41, 5.74) is 2.40. The van der Waals surface area contributed by atoms with Crippen LogP contribution in [0.15, 0.2) is 119 Å². The zero-order chi connectivity index (χ0) is 45.1. The van der Waals surface area contributed by atoms with Gasteiger partial charge in [0.1, 0.15) is 22.1 Å². The summed E-state index contributed by atoms with van der Waals surface area (Å²) in [5.74, 6) is -0.177. The van der Waals surface area contributed by atoms with Gasteiger partial charge in [-0.25, -0.2) is 12.6 Å². The van der Waals surface area contributed by atoms with Crippen molar-refractivity contribution in [3.05, 3.63) is 137 Å². The third-order valence-corrected chi connectivity index (χ3v) is 13.9. The van der Waals surface area contributed by atoms with Crippen LogP contribution in [0.1, 0.15) is 50.2 Å². The summed E-state index contributed by atoms with van der Waals surface area (Å²) in [6.45, 7) is -0.197. The van der Waals surface area contributed by atoms with Crippen molar-refractivity contribution >= 4 is 44.5 Å². The molecule has 8 rings (SSSR count). The Labute approximate surface area is 371 Å². The van der Waals surface area contributed by atoms with E-state index >= 15 is 8.42 Å². The Balaban J connectivity index is 1.22. The first-order chi connectivity index (χ1) is 30.9. The molecule has 64 heavy (non-hydrogen) atoms. The molecule has 17 nitrogen and oxygen atoms in total. The van der Waals surface area contributed by atoms with E-state index in [1.807, 2.05) is 0 Å². The number of hydrogen-bond acceptors (Lipinski definition) is 12. The quantitative estimate of drug-likeness (QED) is 0.0953. The number of sulfonamides is 1. The number of fused-ring (bicyclic) bond motifs is 1. The molecule has 1 saturated heterocycles. The number of piperidine rings is 1. The van der Waals surface area contributed by atoms with Gasteiger partial charge in [0.15, 0.2) is 11.1 Å². The normalized spacial score (nSPS) is 15.7. The van der Waals surface area contributed by atoms with Gasteiger partial charge in [-0.05, 0) is 94.9 Å². The molecule has 3 heterocycles. The Hall–Kier alpha value is -6.80. The molecular formula is C45H43N7O10S2. The summed E-state index contributed by atoms with van der Waals surface area (Å²) in [6.07, 6.45) is 0.230. The summed E-state index contributed by atoms with van der Waals surface area (Å²) >= 11 is -2.88. The molecule has 3 amide bonds. The summed E-state index contributed by atoms with van der Waals surface area (Å²) in [4.78, 5) is 43.5. The number of tetrazole rings is 1. The fourth-order valence-electron chi connectivity index (χ4n) is 7.89. The standard InChI is InChI=1S/C45H43N7O10S2/c1-60-33-14-8-29(9-15-33)25-49(26-30-10-16-34(61-2)17-11-30)64(58,59)42-39(63(56)57)21-20-38(41(42)43-46-48-52(47-43)28-31-12-18-35(62-3)19-13-31)50-23-22-32(24-40(50)53)27-51-44(54)36-6-4-5-7-37(36)45(51)55/h4-21,32H,22-28H2,1-3H3,(H,56,57). The van der Waals surface area contributed by atoms with Gasteiger partial charge in [0.05, 0.1) is 55.1 Å². The Bertz CT molecular complexity index is 2770. The molecule has 0 bridgehead atoms. The number of benzene rings is 5. The molecule has 19 heteroatoms. The van der Waals surface area contributed by atoms with Gasteiger partial charge >= 0.3 is 0 Å². The van der Waals surface area contributed by atoms with E-state index in [0.29, 0.717) is 45.9 Å². The van der Waals surface area contributed by atoms with Crippen LogP contribution in [0.5, 0.6) is 17.2 Å². The summed E-state index contributed by atoms with van der Waals surface area (Å²) in [7, 11) is -0.233. The van der Waals surface area contributed by atoms with Crippen LogP contribution in [0, 0.1) is 5.92 Å². The highest BCUT2D eigenvalue weighted by molar-refractivity contribution is 7.90. The summed E-state index contributed by atoms with van der Waals surface area (Å²) in [6, 6.07) is 30.0. The topological polar surface area (TPSA) is 204 Å². The minimum absolute atomic E-state index is 0.00771. The molecule has 2 atom stereocenters. The molecule has 1 fully saturated rings. The molecule has 330 valence electrons. The number of amides is 3. The summed E-state index contributed by atoms with van der Waals surface area (Å²) in [5, 5.41) is 13.2. The highest BCUT2D eigenvalue weighted by atomic mass is 32.2. The average molecular weight is 906 g/mol. The van der Waals surface area contributed by atoms with Crippen molar-refractivity contribution in [3.8, 4) is 28.6 Å². The molecular weight excluding hydrogens is 863 g/mol. The SMILES string of the molecule is COc1ccc(CN(Cc2ccc(OC)cc2)S(=O)(=O)c2c(S(=O)O)ccc(N3CCC(CN4C(=O)c5ccccc5C4=O)CC3=O)c2-c2nnn(Cc3ccc(OC)cc3)n2)cc1. The molecule has 0 saturated carbocycles. The van der Waals surface area contributed by atoms with Crippen LogP contribution >= 0.6 is 0 Å². The molecule has 6 aromatic rings. The van der Waals surface area contributed by atoms with E-state index in [1.54, 1.807) is 104 Å². The van der Waals surface area contributed by atoms with Crippen molar-refractivity contribution in [1.82, 2.24) is 29.4 Å². The Morgan fingerprint density at radius 2 is 1.28 bits per heavy atom. The van der Waals surface area contributed by atoms with Gasteiger partial charge in [0.25, 0.3) is 11.8 Å². The van der Waals surface area contributed by atoms with E-state index in [1.165, 1.54) is 40.4 Å². The highest BCUT2D eigenvalue weighted by Gasteiger charge is 2.41. The minimum Gasteiger partial charge on any atom is -0.497 e. The van der Waals surface area contributed by atoms with Crippen LogP contribution in [-0.2, 0) is 45.5 Å². The molecule has 2 aliphatic rings. The van der Waals surface area contributed by atoms with Crippen molar-refractivity contribution < 1.29 is 45.8 Å².